The molecule has 0 atom stereocenters. The summed E-state index contributed by atoms with van der Waals surface area (Å²) in [6.07, 6.45) is 2.25. The first kappa shape index (κ1) is 18.4. The molecule has 0 amide bonds. The van der Waals surface area contributed by atoms with Crippen LogP contribution in [-0.2, 0) is 13.7 Å². The molecule has 4 rings (SSSR count). The van der Waals surface area contributed by atoms with Crippen LogP contribution in [0.4, 0.5) is 0 Å². The first-order valence-electron chi connectivity index (χ1n) is 8.87. The van der Waals surface area contributed by atoms with E-state index in [1.807, 2.05) is 30.3 Å². The summed E-state index contributed by atoms with van der Waals surface area (Å²) in [6.45, 7) is 0.0401. The number of para-hydroxylation sites is 1. The Balaban J connectivity index is 1.72. The molecule has 29 heavy (non-hydrogen) atoms. The number of aldehydes is 1. The fraction of sp³-hybridized carbons (Fsp3) is 0.143. The lowest BCUT2D eigenvalue weighted by Crippen LogP contribution is -2.23. The van der Waals surface area contributed by atoms with Crippen molar-refractivity contribution < 1.29 is 14.3 Å². The summed E-state index contributed by atoms with van der Waals surface area (Å²) in [5, 5.41) is 4.74. The molecular formula is C21H18N4O4. The van der Waals surface area contributed by atoms with Gasteiger partial charge in [-0.05, 0) is 30.3 Å². The highest BCUT2D eigenvalue weighted by Gasteiger charge is 2.15. The van der Waals surface area contributed by atoms with Crippen LogP contribution in [-0.4, -0.2) is 32.7 Å². The Morgan fingerprint density at radius 2 is 1.90 bits per heavy atom. The minimum absolute atomic E-state index is 0.0401. The van der Waals surface area contributed by atoms with Gasteiger partial charge < -0.3 is 9.47 Å². The van der Waals surface area contributed by atoms with Crippen LogP contribution < -0.4 is 15.0 Å². The summed E-state index contributed by atoms with van der Waals surface area (Å²) in [6, 6.07) is 14.3. The Kier molecular flexibility index (Phi) is 4.82. The first-order valence-corrected chi connectivity index (χ1v) is 8.87. The third-order valence-corrected chi connectivity index (χ3v) is 4.58. The number of nitrogens with zero attached hydrogens (tertiary/aromatic N) is 4. The fourth-order valence-corrected chi connectivity index (χ4v) is 3.00. The Hall–Kier alpha value is -3.94. The molecule has 2 aromatic carbocycles. The van der Waals surface area contributed by atoms with Gasteiger partial charge in [-0.2, -0.15) is 5.10 Å². The molecule has 0 aliphatic rings. The Bertz CT molecular complexity index is 1250. The molecule has 0 spiro atoms. The maximum atomic E-state index is 12.8. The maximum absolute atomic E-state index is 12.8. The SMILES string of the molecule is COc1cc(C=O)ccc1OCc1nc2c(cnn2-c2ccccc2)c(=O)n1C. The largest absolute Gasteiger partial charge is 0.493 e. The molecule has 2 aromatic heterocycles. The van der Waals surface area contributed by atoms with Gasteiger partial charge in [0.25, 0.3) is 5.56 Å². The van der Waals surface area contributed by atoms with E-state index in [4.69, 9.17) is 9.47 Å². The molecule has 0 saturated carbocycles. The molecule has 0 saturated heterocycles. The number of ether oxygens (including phenoxy) is 2. The molecule has 8 nitrogen and oxygen atoms in total. The lowest BCUT2D eigenvalue weighted by Gasteiger charge is -2.13. The van der Waals surface area contributed by atoms with Crippen molar-refractivity contribution in [2.75, 3.05) is 7.11 Å². The van der Waals surface area contributed by atoms with E-state index in [-0.39, 0.29) is 12.2 Å². The normalized spacial score (nSPS) is 10.8. The Morgan fingerprint density at radius 3 is 2.62 bits per heavy atom. The van der Waals surface area contributed by atoms with Crippen LogP contribution in [0.15, 0.2) is 59.5 Å². The van der Waals surface area contributed by atoms with Crippen molar-refractivity contribution in [2.45, 2.75) is 6.61 Å². The molecule has 0 radical (unpaired) electrons. The van der Waals surface area contributed by atoms with Gasteiger partial charge in [0.2, 0.25) is 0 Å². The molecule has 0 aliphatic heterocycles. The van der Waals surface area contributed by atoms with Gasteiger partial charge in [0, 0.05) is 12.6 Å². The van der Waals surface area contributed by atoms with Gasteiger partial charge in [-0.15, -0.1) is 0 Å². The standard InChI is InChI=1S/C21H18N4O4/c1-24-19(13-29-17-9-8-14(12-26)10-18(17)28-2)23-20-16(21(24)27)11-22-25(20)15-6-4-3-5-7-15/h3-12H,13H2,1-2H3. The summed E-state index contributed by atoms with van der Waals surface area (Å²) < 4.78 is 14.2. The van der Waals surface area contributed by atoms with Crippen LogP contribution in [0.5, 0.6) is 11.5 Å². The molecule has 0 fully saturated rings. The van der Waals surface area contributed by atoms with Gasteiger partial charge in [0.1, 0.15) is 18.3 Å². The summed E-state index contributed by atoms with van der Waals surface area (Å²) in [4.78, 5) is 28.3. The van der Waals surface area contributed by atoms with Crippen molar-refractivity contribution in [1.29, 1.82) is 0 Å². The van der Waals surface area contributed by atoms with Crippen LogP contribution in [0.3, 0.4) is 0 Å². The van der Waals surface area contributed by atoms with Crippen LogP contribution >= 0.6 is 0 Å². The number of aromatic nitrogens is 4. The van der Waals surface area contributed by atoms with Crippen molar-refractivity contribution in [2.24, 2.45) is 7.05 Å². The molecule has 0 aliphatic carbocycles. The number of carbonyl (C=O) groups excluding carboxylic acids is 1. The monoisotopic (exact) mass is 390 g/mol. The predicted molar refractivity (Wildman–Crippen MR) is 107 cm³/mol. The summed E-state index contributed by atoms with van der Waals surface area (Å²) in [5.74, 6) is 1.31. The first-order chi connectivity index (χ1) is 14.1. The number of hydrogen-bond acceptors (Lipinski definition) is 6. The van der Waals surface area contributed by atoms with Gasteiger partial charge >= 0.3 is 0 Å². The van der Waals surface area contributed by atoms with Crippen molar-refractivity contribution in [1.82, 2.24) is 19.3 Å². The second-order valence-corrected chi connectivity index (χ2v) is 6.34. The highest BCUT2D eigenvalue weighted by Crippen LogP contribution is 2.28. The van der Waals surface area contributed by atoms with Gasteiger partial charge in [-0.25, -0.2) is 9.67 Å². The molecule has 4 aromatic rings. The van der Waals surface area contributed by atoms with E-state index in [1.165, 1.54) is 17.9 Å². The number of fused-ring (bicyclic) bond motifs is 1. The van der Waals surface area contributed by atoms with Gasteiger partial charge in [0.15, 0.2) is 23.0 Å². The zero-order valence-corrected chi connectivity index (χ0v) is 15.9. The third-order valence-electron chi connectivity index (χ3n) is 4.58. The maximum Gasteiger partial charge on any atom is 0.264 e. The van der Waals surface area contributed by atoms with Crippen LogP contribution in [0.25, 0.3) is 16.7 Å². The summed E-state index contributed by atoms with van der Waals surface area (Å²) in [5.41, 5.74) is 1.54. The third kappa shape index (κ3) is 3.36. The Morgan fingerprint density at radius 1 is 1.10 bits per heavy atom. The minimum Gasteiger partial charge on any atom is -0.493 e. The summed E-state index contributed by atoms with van der Waals surface area (Å²) >= 11 is 0. The van der Waals surface area contributed by atoms with E-state index in [0.717, 1.165) is 12.0 Å². The average Bonchev–Trinajstić information content (AvgIpc) is 3.19. The zero-order chi connectivity index (χ0) is 20.4. The van der Waals surface area contributed by atoms with Crippen molar-refractivity contribution in [3.05, 3.63) is 76.5 Å². The Labute approximate surface area is 165 Å². The highest BCUT2D eigenvalue weighted by atomic mass is 16.5. The highest BCUT2D eigenvalue weighted by molar-refractivity contribution is 5.76. The van der Waals surface area contributed by atoms with E-state index in [0.29, 0.717) is 33.9 Å². The fourth-order valence-electron chi connectivity index (χ4n) is 3.00. The molecule has 8 heteroatoms. The second-order valence-electron chi connectivity index (χ2n) is 6.34. The zero-order valence-electron chi connectivity index (χ0n) is 15.9. The van der Waals surface area contributed by atoms with E-state index in [2.05, 4.69) is 10.1 Å². The van der Waals surface area contributed by atoms with E-state index < -0.39 is 0 Å². The van der Waals surface area contributed by atoms with E-state index in [9.17, 15) is 9.59 Å². The number of methoxy groups -OCH3 is 1. The lowest BCUT2D eigenvalue weighted by molar-refractivity contribution is 0.112. The van der Waals surface area contributed by atoms with Crippen LogP contribution in [0.1, 0.15) is 16.2 Å². The van der Waals surface area contributed by atoms with Gasteiger partial charge in [-0.1, -0.05) is 18.2 Å². The lowest BCUT2D eigenvalue weighted by atomic mass is 10.2. The van der Waals surface area contributed by atoms with Crippen LogP contribution in [0, 0.1) is 0 Å². The number of carbonyl (C=O) groups is 1. The minimum atomic E-state index is -0.209. The van der Waals surface area contributed by atoms with Gasteiger partial charge in [-0.3, -0.25) is 14.2 Å². The second kappa shape index (κ2) is 7.59. The molecule has 0 unspecified atom stereocenters. The van der Waals surface area contributed by atoms with Crippen molar-refractivity contribution in [3.63, 3.8) is 0 Å². The molecule has 2 heterocycles. The molecule has 0 bridgehead atoms. The van der Waals surface area contributed by atoms with Gasteiger partial charge in [0.05, 0.1) is 19.0 Å². The molecule has 146 valence electrons. The predicted octanol–water partition coefficient (Wildman–Crippen LogP) is 2.52. The van der Waals surface area contributed by atoms with Crippen molar-refractivity contribution >= 4 is 17.3 Å². The van der Waals surface area contributed by atoms with Crippen LogP contribution in [0.2, 0.25) is 0 Å². The number of rotatable bonds is 6. The number of benzene rings is 2. The quantitative estimate of drug-likeness (QED) is 0.470. The average molecular weight is 390 g/mol. The molecule has 0 N–H and O–H groups in total. The van der Waals surface area contributed by atoms with E-state index >= 15 is 0 Å². The summed E-state index contributed by atoms with van der Waals surface area (Å²) in [7, 11) is 3.13. The topological polar surface area (TPSA) is 88.2 Å². The van der Waals surface area contributed by atoms with E-state index in [1.54, 1.807) is 29.9 Å². The molecular weight excluding hydrogens is 372 g/mol. The number of hydrogen-bond donors (Lipinski definition) is 0. The van der Waals surface area contributed by atoms with Crippen molar-refractivity contribution in [3.8, 4) is 17.2 Å². The smallest absolute Gasteiger partial charge is 0.264 e.